The molecule has 3 aliphatic rings. The number of hydrogen-bond acceptors (Lipinski definition) is 5. The summed E-state index contributed by atoms with van der Waals surface area (Å²) in [5.74, 6) is -0.00287. The number of amidine groups is 1. The molecule has 1 saturated carbocycles. The van der Waals surface area contributed by atoms with E-state index in [-0.39, 0.29) is 18.5 Å². The summed E-state index contributed by atoms with van der Waals surface area (Å²) in [6, 6.07) is 8.60. The molecule has 0 atom stereocenters. The number of rotatable bonds is 8. The first-order chi connectivity index (χ1) is 16.0. The Hall–Kier alpha value is -2.45. The number of urea groups is 1. The zero-order chi connectivity index (χ0) is 23.3. The van der Waals surface area contributed by atoms with E-state index >= 15 is 0 Å². The van der Waals surface area contributed by atoms with Crippen LogP contribution in [0, 0.1) is 0 Å². The predicted molar refractivity (Wildman–Crippen MR) is 128 cm³/mol. The second-order valence-corrected chi connectivity index (χ2v) is 9.68. The van der Waals surface area contributed by atoms with Gasteiger partial charge in [0.2, 0.25) is 0 Å². The minimum atomic E-state index is -0.824. The van der Waals surface area contributed by atoms with Crippen LogP contribution in [0.25, 0.3) is 0 Å². The Morgan fingerprint density at radius 1 is 1.12 bits per heavy atom. The van der Waals surface area contributed by atoms with Crippen molar-refractivity contribution in [3.8, 4) is 0 Å². The third-order valence-electron chi connectivity index (χ3n) is 7.43. The van der Waals surface area contributed by atoms with Crippen molar-refractivity contribution in [2.45, 2.75) is 82.5 Å². The molecule has 1 aromatic carbocycles. The van der Waals surface area contributed by atoms with E-state index in [9.17, 15) is 9.59 Å². The second-order valence-electron chi connectivity index (χ2n) is 9.68. The van der Waals surface area contributed by atoms with Crippen molar-refractivity contribution in [2.75, 3.05) is 19.6 Å². The van der Waals surface area contributed by atoms with Gasteiger partial charge in [-0.2, -0.15) is 0 Å². The molecule has 4 rings (SSSR count). The van der Waals surface area contributed by atoms with Gasteiger partial charge in [0.05, 0.1) is 6.04 Å². The number of hydrogen-bond donors (Lipinski definition) is 3. The lowest BCUT2D eigenvalue weighted by atomic mass is 9.84. The van der Waals surface area contributed by atoms with E-state index in [0.717, 1.165) is 56.7 Å². The smallest absolute Gasteiger partial charge is 0.323 e. The van der Waals surface area contributed by atoms with E-state index in [4.69, 9.17) is 15.8 Å². The minimum Gasteiger partial charge on any atom is -0.481 e. The fourth-order valence-corrected chi connectivity index (χ4v) is 5.48. The van der Waals surface area contributed by atoms with Crippen LogP contribution in [0.3, 0.4) is 0 Å². The van der Waals surface area contributed by atoms with E-state index in [1.807, 2.05) is 4.90 Å². The van der Waals surface area contributed by atoms with Crippen LogP contribution in [0.1, 0.15) is 68.9 Å². The SMILES string of the molecule is NCc1ccc(CN2CCC3(CC2)C(=NC2CCCCC2)NC(=O)N3CCCC(=O)O)cc1. The molecule has 1 aliphatic carbocycles. The van der Waals surface area contributed by atoms with Crippen LogP contribution in [0.2, 0.25) is 0 Å². The molecule has 4 N–H and O–H groups in total. The molecular weight excluding hydrogens is 418 g/mol. The number of carboxylic acids is 1. The molecule has 8 heteroatoms. The van der Waals surface area contributed by atoms with Crippen LogP contribution < -0.4 is 11.1 Å². The van der Waals surface area contributed by atoms with Crippen molar-refractivity contribution in [3.05, 3.63) is 35.4 Å². The fraction of sp³-hybridized carbons (Fsp3) is 0.640. The summed E-state index contributed by atoms with van der Waals surface area (Å²) >= 11 is 0. The zero-order valence-corrected chi connectivity index (χ0v) is 19.5. The Morgan fingerprint density at radius 2 is 1.79 bits per heavy atom. The highest BCUT2D eigenvalue weighted by atomic mass is 16.4. The Bertz CT molecular complexity index is 855. The van der Waals surface area contributed by atoms with Gasteiger partial charge in [-0.25, -0.2) is 4.79 Å². The monoisotopic (exact) mass is 455 g/mol. The summed E-state index contributed by atoms with van der Waals surface area (Å²) in [5.41, 5.74) is 7.67. The Kier molecular flexibility index (Phi) is 7.65. The van der Waals surface area contributed by atoms with Crippen LogP contribution >= 0.6 is 0 Å². The molecule has 180 valence electrons. The van der Waals surface area contributed by atoms with Gasteiger partial charge in [-0.3, -0.25) is 20.0 Å². The lowest BCUT2D eigenvalue weighted by Crippen LogP contribution is -2.56. The van der Waals surface area contributed by atoms with E-state index in [0.29, 0.717) is 19.5 Å². The van der Waals surface area contributed by atoms with Crippen molar-refractivity contribution in [1.29, 1.82) is 0 Å². The maximum atomic E-state index is 13.0. The summed E-state index contributed by atoms with van der Waals surface area (Å²) in [6.45, 7) is 3.60. The molecule has 33 heavy (non-hydrogen) atoms. The predicted octanol–water partition coefficient (Wildman–Crippen LogP) is 3.10. The largest absolute Gasteiger partial charge is 0.481 e. The number of nitrogens with two attached hydrogens (primary N) is 1. The van der Waals surface area contributed by atoms with Crippen LogP contribution in [0.4, 0.5) is 4.79 Å². The molecule has 0 radical (unpaired) electrons. The van der Waals surface area contributed by atoms with E-state index in [1.54, 1.807) is 0 Å². The van der Waals surface area contributed by atoms with Crippen molar-refractivity contribution >= 4 is 17.8 Å². The molecular formula is C25H37N5O3. The van der Waals surface area contributed by atoms with Gasteiger partial charge < -0.3 is 15.7 Å². The number of aliphatic carboxylic acids is 1. The van der Waals surface area contributed by atoms with Gasteiger partial charge in [-0.1, -0.05) is 43.5 Å². The molecule has 0 aromatic heterocycles. The molecule has 2 heterocycles. The normalized spacial score (nSPS) is 22.8. The zero-order valence-electron chi connectivity index (χ0n) is 19.5. The number of carbonyl (C=O) groups is 2. The molecule has 2 aliphatic heterocycles. The maximum Gasteiger partial charge on any atom is 0.323 e. The third-order valence-corrected chi connectivity index (χ3v) is 7.43. The van der Waals surface area contributed by atoms with Crippen LogP contribution in [0.15, 0.2) is 29.3 Å². The van der Waals surface area contributed by atoms with Gasteiger partial charge >= 0.3 is 12.0 Å². The fourth-order valence-electron chi connectivity index (χ4n) is 5.48. The molecule has 3 fully saturated rings. The molecule has 8 nitrogen and oxygen atoms in total. The van der Waals surface area contributed by atoms with Crippen molar-refractivity contribution in [1.82, 2.24) is 15.1 Å². The first-order valence-electron chi connectivity index (χ1n) is 12.4. The molecule has 0 bridgehead atoms. The van der Waals surface area contributed by atoms with Crippen LogP contribution in [0.5, 0.6) is 0 Å². The van der Waals surface area contributed by atoms with E-state index in [1.165, 1.54) is 24.8 Å². The number of benzene rings is 1. The lowest BCUT2D eigenvalue weighted by Gasteiger charge is -2.44. The highest BCUT2D eigenvalue weighted by Gasteiger charge is 2.52. The van der Waals surface area contributed by atoms with Gasteiger partial charge in [-0.05, 0) is 43.2 Å². The number of aliphatic imine (C=N–C) groups is 1. The number of amides is 2. The van der Waals surface area contributed by atoms with Gasteiger partial charge in [-0.15, -0.1) is 0 Å². The highest BCUT2D eigenvalue weighted by Crippen LogP contribution is 2.36. The summed E-state index contributed by atoms with van der Waals surface area (Å²) in [6.07, 6.45) is 7.97. The molecule has 0 unspecified atom stereocenters. The average Bonchev–Trinajstić information content (AvgIpc) is 3.06. The molecule has 2 amide bonds. The van der Waals surface area contributed by atoms with Crippen molar-refractivity contribution in [2.24, 2.45) is 10.7 Å². The minimum absolute atomic E-state index is 0.0693. The summed E-state index contributed by atoms with van der Waals surface area (Å²) in [4.78, 5) is 33.4. The second kappa shape index (κ2) is 10.7. The number of carboxylic acid groups (broad SMARTS) is 1. The number of nitrogens with zero attached hydrogens (tertiary/aromatic N) is 3. The average molecular weight is 456 g/mol. The quantitative estimate of drug-likeness (QED) is 0.558. The van der Waals surface area contributed by atoms with Gasteiger partial charge in [0.25, 0.3) is 0 Å². The lowest BCUT2D eigenvalue weighted by molar-refractivity contribution is -0.137. The number of piperidine rings is 1. The van der Waals surface area contributed by atoms with E-state index < -0.39 is 11.5 Å². The standard InChI is InChI=1S/C25H37N5O3/c26-17-19-8-10-20(11-9-19)18-29-15-12-25(13-16-29)23(27-21-5-2-1-3-6-21)28-24(33)30(25)14-4-7-22(31)32/h8-11,21H,1-7,12-18,26H2,(H,31,32)(H,27,28,33). The van der Waals surface area contributed by atoms with Gasteiger partial charge in [0.1, 0.15) is 11.4 Å². The highest BCUT2D eigenvalue weighted by molar-refractivity contribution is 6.10. The summed E-state index contributed by atoms with van der Waals surface area (Å²) in [5, 5.41) is 12.2. The van der Waals surface area contributed by atoms with E-state index in [2.05, 4.69) is 34.5 Å². The van der Waals surface area contributed by atoms with Crippen molar-refractivity contribution in [3.63, 3.8) is 0 Å². The topological polar surface area (TPSA) is 111 Å². The van der Waals surface area contributed by atoms with Crippen LogP contribution in [-0.2, 0) is 17.9 Å². The number of carbonyl (C=O) groups excluding carboxylic acids is 1. The molecule has 2 saturated heterocycles. The Labute approximate surface area is 196 Å². The molecule has 1 spiro atoms. The third kappa shape index (κ3) is 5.55. The first-order valence-corrected chi connectivity index (χ1v) is 12.4. The molecule has 1 aromatic rings. The summed E-state index contributed by atoms with van der Waals surface area (Å²) < 4.78 is 0. The van der Waals surface area contributed by atoms with Gasteiger partial charge in [0, 0.05) is 39.1 Å². The van der Waals surface area contributed by atoms with Crippen molar-refractivity contribution < 1.29 is 14.7 Å². The Balaban J connectivity index is 1.48. The Morgan fingerprint density at radius 3 is 2.42 bits per heavy atom. The first kappa shape index (κ1) is 23.7. The number of nitrogens with one attached hydrogen (secondary N) is 1. The van der Waals surface area contributed by atoms with Gasteiger partial charge in [0.15, 0.2) is 0 Å². The summed E-state index contributed by atoms with van der Waals surface area (Å²) in [7, 11) is 0. The number of likely N-dealkylation sites (tertiary alicyclic amines) is 1. The van der Waals surface area contributed by atoms with Crippen LogP contribution in [-0.4, -0.2) is 64.0 Å². The maximum absolute atomic E-state index is 13.0.